The summed E-state index contributed by atoms with van der Waals surface area (Å²) in [7, 11) is 0. The van der Waals surface area contributed by atoms with E-state index in [1.54, 1.807) is 0 Å². The van der Waals surface area contributed by atoms with E-state index in [0.717, 1.165) is 25.9 Å². The SMILES string of the molecule is SC1C(Cl)(Cl)C12CCNCC2. The van der Waals surface area contributed by atoms with Gasteiger partial charge in [0, 0.05) is 10.7 Å². The summed E-state index contributed by atoms with van der Waals surface area (Å²) in [5, 5.41) is 3.47. The van der Waals surface area contributed by atoms with Gasteiger partial charge < -0.3 is 5.32 Å². The first-order chi connectivity index (χ1) is 5.11. The van der Waals surface area contributed by atoms with Gasteiger partial charge in [0.25, 0.3) is 0 Å². The normalized spacial score (nSPS) is 39.0. The molecule has 1 saturated carbocycles. The van der Waals surface area contributed by atoms with Gasteiger partial charge in [0.05, 0.1) is 0 Å². The van der Waals surface area contributed by atoms with Gasteiger partial charge in [-0.3, -0.25) is 0 Å². The Hall–Kier alpha value is 0.890. The standard InChI is InChI=1S/C7H11Cl2NS/c8-7(9)5(11)6(7)1-3-10-4-2-6/h5,10-11H,1-4H2. The Balaban J connectivity index is 2.13. The Morgan fingerprint density at radius 3 is 2.00 bits per heavy atom. The van der Waals surface area contributed by atoms with Crippen LogP contribution in [0, 0.1) is 5.41 Å². The number of thiol groups is 1. The molecule has 1 saturated heterocycles. The number of alkyl halides is 2. The monoisotopic (exact) mass is 211 g/mol. The van der Waals surface area contributed by atoms with Crippen molar-refractivity contribution in [2.75, 3.05) is 13.1 Å². The summed E-state index contributed by atoms with van der Waals surface area (Å²) in [6.07, 6.45) is 2.13. The average Bonchev–Trinajstić information content (AvgIpc) is 2.39. The van der Waals surface area contributed by atoms with Crippen LogP contribution >= 0.6 is 35.8 Å². The van der Waals surface area contributed by atoms with Gasteiger partial charge in [-0.2, -0.15) is 12.6 Å². The Morgan fingerprint density at radius 1 is 1.27 bits per heavy atom. The molecule has 0 bridgehead atoms. The summed E-state index contributed by atoms with van der Waals surface area (Å²) in [5.74, 6) is 0. The molecule has 64 valence electrons. The summed E-state index contributed by atoms with van der Waals surface area (Å²) in [6, 6.07) is 0. The van der Waals surface area contributed by atoms with Crippen molar-refractivity contribution in [2.24, 2.45) is 5.41 Å². The van der Waals surface area contributed by atoms with Crippen LogP contribution < -0.4 is 5.32 Å². The fourth-order valence-corrected chi connectivity index (χ4v) is 3.67. The van der Waals surface area contributed by atoms with Crippen LogP contribution in [0.5, 0.6) is 0 Å². The lowest BCUT2D eigenvalue weighted by molar-refractivity contribution is 0.351. The zero-order chi connectivity index (χ0) is 8.11. The zero-order valence-electron chi connectivity index (χ0n) is 6.11. The van der Waals surface area contributed by atoms with Gasteiger partial charge in [-0.1, -0.05) is 23.2 Å². The summed E-state index contributed by atoms with van der Waals surface area (Å²) in [5.41, 5.74) is 0.116. The molecule has 1 nitrogen and oxygen atoms in total. The Morgan fingerprint density at radius 2 is 1.73 bits per heavy atom. The minimum atomic E-state index is -0.557. The molecule has 1 atom stereocenters. The van der Waals surface area contributed by atoms with Gasteiger partial charge in [-0.05, 0) is 25.9 Å². The number of piperidine rings is 1. The highest BCUT2D eigenvalue weighted by Crippen LogP contribution is 2.70. The molecule has 0 aromatic rings. The molecule has 1 unspecified atom stereocenters. The van der Waals surface area contributed by atoms with Crippen LogP contribution in [0.25, 0.3) is 0 Å². The molecule has 1 aliphatic carbocycles. The molecule has 2 aliphatic rings. The van der Waals surface area contributed by atoms with Crippen LogP contribution in [-0.2, 0) is 0 Å². The molecule has 0 radical (unpaired) electrons. The summed E-state index contributed by atoms with van der Waals surface area (Å²) in [4.78, 5) is 0. The largest absolute Gasteiger partial charge is 0.317 e. The predicted octanol–water partition coefficient (Wildman–Crippen LogP) is 1.84. The van der Waals surface area contributed by atoms with Crippen LogP contribution in [0.4, 0.5) is 0 Å². The minimum absolute atomic E-state index is 0.116. The van der Waals surface area contributed by atoms with E-state index < -0.39 is 4.33 Å². The van der Waals surface area contributed by atoms with E-state index in [2.05, 4.69) is 17.9 Å². The molecule has 4 heteroatoms. The van der Waals surface area contributed by atoms with Crippen molar-refractivity contribution in [3.63, 3.8) is 0 Å². The number of hydrogen-bond donors (Lipinski definition) is 2. The van der Waals surface area contributed by atoms with Crippen LogP contribution in [0.2, 0.25) is 0 Å². The van der Waals surface area contributed by atoms with Gasteiger partial charge in [-0.25, -0.2) is 0 Å². The van der Waals surface area contributed by atoms with Crippen molar-refractivity contribution < 1.29 is 0 Å². The van der Waals surface area contributed by atoms with Crippen LogP contribution in [0.3, 0.4) is 0 Å². The second kappa shape index (κ2) is 2.44. The first-order valence-electron chi connectivity index (χ1n) is 3.88. The highest BCUT2D eigenvalue weighted by Gasteiger charge is 2.73. The number of rotatable bonds is 0. The summed E-state index contributed by atoms with van der Waals surface area (Å²) >= 11 is 16.6. The van der Waals surface area contributed by atoms with Crippen molar-refractivity contribution in [3.8, 4) is 0 Å². The number of nitrogens with one attached hydrogen (secondary N) is 1. The third-order valence-electron chi connectivity index (χ3n) is 2.94. The highest BCUT2D eigenvalue weighted by molar-refractivity contribution is 7.81. The maximum Gasteiger partial charge on any atom is 0.137 e. The van der Waals surface area contributed by atoms with E-state index >= 15 is 0 Å². The van der Waals surface area contributed by atoms with Crippen molar-refractivity contribution >= 4 is 35.8 Å². The van der Waals surface area contributed by atoms with Gasteiger partial charge >= 0.3 is 0 Å². The van der Waals surface area contributed by atoms with E-state index in [9.17, 15) is 0 Å². The molecule has 0 amide bonds. The lowest BCUT2D eigenvalue weighted by atomic mass is 9.95. The van der Waals surface area contributed by atoms with Crippen molar-refractivity contribution in [3.05, 3.63) is 0 Å². The zero-order valence-corrected chi connectivity index (χ0v) is 8.52. The Bertz CT molecular complexity index is 177. The smallest absolute Gasteiger partial charge is 0.137 e. The number of halogens is 2. The molecular formula is C7H11Cl2NS. The Labute approximate surface area is 82.2 Å². The van der Waals surface area contributed by atoms with Crippen LogP contribution in [0.1, 0.15) is 12.8 Å². The third-order valence-corrected chi connectivity index (χ3v) is 5.32. The van der Waals surface area contributed by atoms with E-state index in [1.807, 2.05) is 0 Å². The molecule has 0 aromatic heterocycles. The molecule has 1 heterocycles. The van der Waals surface area contributed by atoms with Crippen molar-refractivity contribution in [1.29, 1.82) is 0 Å². The maximum absolute atomic E-state index is 6.09. The molecule has 11 heavy (non-hydrogen) atoms. The fraction of sp³-hybridized carbons (Fsp3) is 1.00. The van der Waals surface area contributed by atoms with Crippen LogP contribution in [0.15, 0.2) is 0 Å². The lowest BCUT2D eigenvalue weighted by Crippen LogP contribution is -2.31. The van der Waals surface area contributed by atoms with E-state index in [-0.39, 0.29) is 10.7 Å². The highest BCUT2D eigenvalue weighted by atomic mass is 35.5. The molecule has 1 spiro atoms. The van der Waals surface area contributed by atoms with Gasteiger partial charge in [0.1, 0.15) is 4.33 Å². The van der Waals surface area contributed by atoms with E-state index in [4.69, 9.17) is 23.2 Å². The molecule has 1 N–H and O–H groups in total. The van der Waals surface area contributed by atoms with Crippen molar-refractivity contribution in [2.45, 2.75) is 22.4 Å². The molecule has 2 fully saturated rings. The minimum Gasteiger partial charge on any atom is -0.317 e. The maximum atomic E-state index is 6.09. The third kappa shape index (κ3) is 0.963. The van der Waals surface area contributed by atoms with Gasteiger partial charge in [0.15, 0.2) is 0 Å². The molecule has 1 aliphatic heterocycles. The topological polar surface area (TPSA) is 12.0 Å². The molecular weight excluding hydrogens is 201 g/mol. The lowest BCUT2D eigenvalue weighted by Gasteiger charge is -2.23. The van der Waals surface area contributed by atoms with Gasteiger partial charge in [-0.15, -0.1) is 0 Å². The second-order valence-corrected chi connectivity index (χ2v) is 5.33. The van der Waals surface area contributed by atoms with Crippen molar-refractivity contribution in [1.82, 2.24) is 5.32 Å². The average molecular weight is 212 g/mol. The summed E-state index contributed by atoms with van der Waals surface area (Å²) < 4.78 is -0.557. The first kappa shape index (κ1) is 8.49. The first-order valence-corrected chi connectivity index (χ1v) is 5.15. The Kier molecular flexibility index (Phi) is 1.88. The van der Waals surface area contributed by atoms with Gasteiger partial charge in [0.2, 0.25) is 0 Å². The molecule has 2 rings (SSSR count). The fourth-order valence-electron chi connectivity index (χ4n) is 1.97. The van der Waals surface area contributed by atoms with Crippen LogP contribution in [-0.4, -0.2) is 22.7 Å². The quantitative estimate of drug-likeness (QED) is 0.461. The van der Waals surface area contributed by atoms with E-state index in [0.29, 0.717) is 0 Å². The summed E-state index contributed by atoms with van der Waals surface area (Å²) in [6.45, 7) is 2.05. The molecule has 0 aromatic carbocycles. The van der Waals surface area contributed by atoms with E-state index in [1.165, 1.54) is 0 Å². The number of hydrogen-bond acceptors (Lipinski definition) is 2. The predicted molar refractivity (Wildman–Crippen MR) is 51.7 cm³/mol. The second-order valence-electron chi connectivity index (χ2n) is 3.43.